The maximum absolute atomic E-state index is 4.56. The monoisotopic (exact) mass is 257 g/mol. The molecule has 0 saturated heterocycles. The van der Waals surface area contributed by atoms with Gasteiger partial charge >= 0.3 is 0 Å². The van der Waals surface area contributed by atoms with Crippen LogP contribution in [0.1, 0.15) is 36.6 Å². The highest BCUT2D eigenvalue weighted by Gasteiger charge is 2.05. The molecule has 0 atom stereocenters. The molecule has 1 heterocycles. The number of benzene rings is 1. The molecule has 0 aliphatic rings. The Morgan fingerprint density at radius 3 is 2.74 bits per heavy atom. The summed E-state index contributed by atoms with van der Waals surface area (Å²) in [6, 6.07) is 8.46. The van der Waals surface area contributed by atoms with Gasteiger partial charge in [-0.25, -0.2) is 4.98 Å². The van der Waals surface area contributed by atoms with Crippen LogP contribution in [0.15, 0.2) is 30.5 Å². The fourth-order valence-electron chi connectivity index (χ4n) is 2.17. The van der Waals surface area contributed by atoms with Gasteiger partial charge in [0.15, 0.2) is 0 Å². The van der Waals surface area contributed by atoms with Crippen molar-refractivity contribution in [3.05, 3.63) is 47.3 Å². The van der Waals surface area contributed by atoms with Crippen LogP contribution in [-0.2, 0) is 13.1 Å². The lowest BCUT2D eigenvalue weighted by molar-refractivity contribution is 0.634. The standard InChI is InChI=1S/C16H23N3/c1-4-5-10-19-12-14(3)18-16(19)17-11-15-9-7-6-8-13(15)2/h6-9,12H,4-5,10-11H2,1-3H3,(H,17,18). The largest absolute Gasteiger partial charge is 0.352 e. The number of imidazole rings is 1. The SMILES string of the molecule is CCCCn1cc(C)nc1NCc1ccccc1C. The van der Waals surface area contributed by atoms with Gasteiger partial charge in [-0.1, -0.05) is 37.6 Å². The molecule has 2 rings (SSSR count). The van der Waals surface area contributed by atoms with Gasteiger partial charge in [0.1, 0.15) is 0 Å². The Morgan fingerprint density at radius 2 is 2.00 bits per heavy atom. The van der Waals surface area contributed by atoms with E-state index in [1.165, 1.54) is 24.0 Å². The van der Waals surface area contributed by atoms with Crippen LogP contribution in [0.4, 0.5) is 5.95 Å². The van der Waals surface area contributed by atoms with Crippen LogP contribution in [0, 0.1) is 13.8 Å². The van der Waals surface area contributed by atoms with E-state index in [2.05, 4.69) is 59.2 Å². The van der Waals surface area contributed by atoms with Crippen LogP contribution in [0.25, 0.3) is 0 Å². The summed E-state index contributed by atoms with van der Waals surface area (Å²) in [6.45, 7) is 8.26. The lowest BCUT2D eigenvalue weighted by Gasteiger charge is -2.10. The number of unbranched alkanes of at least 4 members (excludes halogenated alkanes) is 1. The predicted molar refractivity (Wildman–Crippen MR) is 80.4 cm³/mol. The van der Waals surface area contributed by atoms with E-state index in [9.17, 15) is 0 Å². The van der Waals surface area contributed by atoms with E-state index in [0.717, 1.165) is 24.7 Å². The minimum atomic E-state index is 0.829. The van der Waals surface area contributed by atoms with Gasteiger partial charge in [0.05, 0.1) is 5.69 Å². The molecular formula is C16H23N3. The normalized spacial score (nSPS) is 10.7. The van der Waals surface area contributed by atoms with Crippen molar-refractivity contribution in [2.75, 3.05) is 5.32 Å². The first-order chi connectivity index (χ1) is 9.20. The van der Waals surface area contributed by atoms with Gasteiger partial charge in [0.25, 0.3) is 0 Å². The molecule has 3 nitrogen and oxygen atoms in total. The first kappa shape index (κ1) is 13.7. The van der Waals surface area contributed by atoms with Gasteiger partial charge in [-0.2, -0.15) is 0 Å². The van der Waals surface area contributed by atoms with Crippen LogP contribution >= 0.6 is 0 Å². The molecular weight excluding hydrogens is 234 g/mol. The lowest BCUT2D eigenvalue weighted by Crippen LogP contribution is -2.08. The first-order valence-electron chi connectivity index (χ1n) is 7.03. The zero-order chi connectivity index (χ0) is 13.7. The molecule has 19 heavy (non-hydrogen) atoms. The summed E-state index contributed by atoms with van der Waals surface area (Å²) in [5.74, 6) is 0.981. The Labute approximate surface area is 115 Å². The van der Waals surface area contributed by atoms with Crippen molar-refractivity contribution in [2.24, 2.45) is 0 Å². The van der Waals surface area contributed by atoms with Crippen LogP contribution in [0.5, 0.6) is 0 Å². The number of hydrogen-bond acceptors (Lipinski definition) is 2. The summed E-state index contributed by atoms with van der Waals surface area (Å²) in [7, 11) is 0. The van der Waals surface area contributed by atoms with Crippen molar-refractivity contribution in [3.63, 3.8) is 0 Å². The van der Waals surface area contributed by atoms with Crippen molar-refractivity contribution >= 4 is 5.95 Å². The highest BCUT2D eigenvalue weighted by atomic mass is 15.2. The Hall–Kier alpha value is -1.77. The Morgan fingerprint density at radius 1 is 1.21 bits per heavy atom. The van der Waals surface area contributed by atoms with Crippen molar-refractivity contribution in [1.82, 2.24) is 9.55 Å². The number of aromatic nitrogens is 2. The third kappa shape index (κ3) is 3.60. The number of anilines is 1. The zero-order valence-corrected chi connectivity index (χ0v) is 12.1. The quantitative estimate of drug-likeness (QED) is 0.850. The van der Waals surface area contributed by atoms with E-state index < -0.39 is 0 Å². The zero-order valence-electron chi connectivity index (χ0n) is 12.1. The van der Waals surface area contributed by atoms with E-state index in [1.807, 2.05) is 6.92 Å². The second-order valence-electron chi connectivity index (χ2n) is 5.03. The van der Waals surface area contributed by atoms with Gasteiger partial charge in [-0.05, 0) is 31.4 Å². The van der Waals surface area contributed by atoms with Gasteiger partial charge in [-0.15, -0.1) is 0 Å². The summed E-state index contributed by atoms with van der Waals surface area (Å²) in [4.78, 5) is 4.56. The average Bonchev–Trinajstić information content (AvgIpc) is 2.76. The van der Waals surface area contributed by atoms with E-state index in [-0.39, 0.29) is 0 Å². The number of hydrogen-bond donors (Lipinski definition) is 1. The Balaban J connectivity index is 2.05. The van der Waals surface area contributed by atoms with E-state index in [1.54, 1.807) is 0 Å². The van der Waals surface area contributed by atoms with E-state index in [0.29, 0.717) is 0 Å². The molecule has 0 bridgehead atoms. The van der Waals surface area contributed by atoms with Gasteiger partial charge in [0, 0.05) is 19.3 Å². The molecule has 1 aromatic carbocycles. The topological polar surface area (TPSA) is 29.9 Å². The van der Waals surface area contributed by atoms with Gasteiger partial charge in [0.2, 0.25) is 5.95 Å². The molecule has 2 aromatic rings. The van der Waals surface area contributed by atoms with Crippen LogP contribution in [-0.4, -0.2) is 9.55 Å². The maximum Gasteiger partial charge on any atom is 0.203 e. The summed E-state index contributed by atoms with van der Waals surface area (Å²) >= 11 is 0. The third-order valence-corrected chi connectivity index (χ3v) is 3.35. The molecule has 0 saturated carbocycles. The van der Waals surface area contributed by atoms with Crippen LogP contribution in [0.3, 0.4) is 0 Å². The van der Waals surface area contributed by atoms with Crippen molar-refractivity contribution in [3.8, 4) is 0 Å². The molecule has 1 N–H and O–H groups in total. The van der Waals surface area contributed by atoms with Crippen LogP contribution in [0.2, 0.25) is 0 Å². The third-order valence-electron chi connectivity index (χ3n) is 3.35. The minimum absolute atomic E-state index is 0.829. The smallest absolute Gasteiger partial charge is 0.203 e. The number of nitrogens with zero attached hydrogens (tertiary/aromatic N) is 2. The molecule has 0 spiro atoms. The highest BCUT2D eigenvalue weighted by molar-refractivity contribution is 5.33. The predicted octanol–water partition coefficient (Wildman–Crippen LogP) is 3.91. The molecule has 0 aliphatic heterocycles. The van der Waals surface area contributed by atoms with Crippen LogP contribution < -0.4 is 5.32 Å². The van der Waals surface area contributed by atoms with Crippen molar-refractivity contribution in [1.29, 1.82) is 0 Å². The average molecular weight is 257 g/mol. The molecule has 3 heteroatoms. The molecule has 102 valence electrons. The second kappa shape index (κ2) is 6.41. The first-order valence-corrected chi connectivity index (χ1v) is 7.03. The van der Waals surface area contributed by atoms with Gasteiger partial charge in [-0.3, -0.25) is 0 Å². The molecule has 0 fully saturated rings. The fourth-order valence-corrected chi connectivity index (χ4v) is 2.17. The fraction of sp³-hybridized carbons (Fsp3) is 0.438. The molecule has 0 aliphatic carbocycles. The van der Waals surface area contributed by atoms with Crippen molar-refractivity contribution in [2.45, 2.75) is 46.7 Å². The Bertz CT molecular complexity index is 529. The molecule has 1 aromatic heterocycles. The summed E-state index contributed by atoms with van der Waals surface area (Å²) in [5, 5.41) is 3.45. The van der Waals surface area contributed by atoms with E-state index >= 15 is 0 Å². The Kier molecular flexibility index (Phi) is 4.61. The van der Waals surface area contributed by atoms with Gasteiger partial charge < -0.3 is 9.88 Å². The number of rotatable bonds is 6. The van der Waals surface area contributed by atoms with E-state index in [4.69, 9.17) is 0 Å². The molecule has 0 amide bonds. The molecule has 0 radical (unpaired) electrons. The minimum Gasteiger partial charge on any atom is -0.352 e. The second-order valence-corrected chi connectivity index (χ2v) is 5.03. The van der Waals surface area contributed by atoms with Crippen molar-refractivity contribution < 1.29 is 0 Å². The summed E-state index contributed by atoms with van der Waals surface area (Å²) < 4.78 is 2.22. The summed E-state index contributed by atoms with van der Waals surface area (Å²) in [6.07, 6.45) is 4.51. The summed E-state index contributed by atoms with van der Waals surface area (Å²) in [5.41, 5.74) is 3.71. The highest BCUT2D eigenvalue weighted by Crippen LogP contribution is 2.13. The molecule has 0 unspecified atom stereocenters. The lowest BCUT2D eigenvalue weighted by atomic mass is 10.1. The maximum atomic E-state index is 4.56. The number of aryl methyl sites for hydroxylation is 3. The number of nitrogens with one attached hydrogen (secondary N) is 1.